The van der Waals surface area contributed by atoms with Crippen molar-refractivity contribution in [2.24, 2.45) is 5.92 Å². The molecule has 0 spiro atoms. The van der Waals surface area contributed by atoms with Crippen LogP contribution in [0.4, 0.5) is 9.59 Å². The van der Waals surface area contributed by atoms with Gasteiger partial charge in [0, 0.05) is 5.92 Å². The van der Waals surface area contributed by atoms with Crippen LogP contribution in [0.1, 0.15) is 32.8 Å². The summed E-state index contributed by atoms with van der Waals surface area (Å²) >= 11 is 0. The number of carbonyl (C=O) groups is 3. The molecule has 10 atom stereocenters. The summed E-state index contributed by atoms with van der Waals surface area (Å²) < 4.78 is 46.2. The molecule has 1 aromatic rings. The lowest BCUT2D eigenvalue weighted by molar-refractivity contribution is -0.323. The molecule has 3 heterocycles. The maximum atomic E-state index is 12.8. The summed E-state index contributed by atoms with van der Waals surface area (Å²) in [7, 11) is 1.25. The van der Waals surface area contributed by atoms with Crippen LogP contribution in [-0.4, -0.2) is 87.0 Å². The van der Waals surface area contributed by atoms with Crippen LogP contribution < -0.4 is 5.32 Å². The fourth-order valence-corrected chi connectivity index (χ4v) is 5.28. The molecular weight excluding hydrogens is 526 g/mol. The number of fused-ring (bicyclic) bond motifs is 1. The van der Waals surface area contributed by atoms with E-state index in [1.807, 2.05) is 44.2 Å². The van der Waals surface area contributed by atoms with Gasteiger partial charge in [-0.05, 0) is 18.9 Å². The highest BCUT2D eigenvalue weighted by molar-refractivity contribution is 5.75. The Kier molecular flexibility index (Phi) is 10.0. The van der Waals surface area contributed by atoms with Gasteiger partial charge in [0.1, 0.15) is 18.8 Å². The molecule has 12 nitrogen and oxygen atoms in total. The zero-order chi connectivity index (χ0) is 28.8. The molecule has 1 aromatic carbocycles. The predicted molar refractivity (Wildman–Crippen MR) is 138 cm³/mol. The van der Waals surface area contributed by atoms with E-state index in [1.165, 1.54) is 13.2 Å². The number of hydrogen-bond donors (Lipinski definition) is 1. The van der Waals surface area contributed by atoms with Crippen molar-refractivity contribution >= 4 is 18.2 Å². The van der Waals surface area contributed by atoms with Crippen molar-refractivity contribution in [2.75, 3.05) is 13.7 Å². The molecule has 12 heteroatoms. The van der Waals surface area contributed by atoms with Crippen LogP contribution in [0.5, 0.6) is 0 Å². The first-order valence-corrected chi connectivity index (χ1v) is 13.4. The van der Waals surface area contributed by atoms with E-state index in [4.69, 9.17) is 37.9 Å². The number of methoxy groups -OCH3 is 1. The zero-order valence-electron chi connectivity index (χ0n) is 23.1. The molecule has 0 aromatic heterocycles. The lowest BCUT2D eigenvalue weighted by Gasteiger charge is -2.47. The van der Waals surface area contributed by atoms with E-state index in [-0.39, 0.29) is 19.3 Å². The minimum atomic E-state index is -1.33. The van der Waals surface area contributed by atoms with Crippen molar-refractivity contribution in [1.29, 1.82) is 0 Å². The van der Waals surface area contributed by atoms with E-state index in [0.29, 0.717) is 6.42 Å². The fourth-order valence-electron chi connectivity index (χ4n) is 5.28. The number of ether oxygens (including phenoxy) is 8. The second kappa shape index (κ2) is 13.4. The highest BCUT2D eigenvalue weighted by Gasteiger charge is 2.56. The first-order valence-electron chi connectivity index (χ1n) is 13.4. The lowest BCUT2D eigenvalue weighted by Crippen LogP contribution is -2.64. The van der Waals surface area contributed by atoms with Gasteiger partial charge >= 0.3 is 18.2 Å². The minimum Gasteiger partial charge on any atom is -0.467 e. The molecule has 1 N–H and O–H groups in total. The summed E-state index contributed by atoms with van der Waals surface area (Å²) in [6.45, 7) is 9.10. The van der Waals surface area contributed by atoms with E-state index in [1.54, 1.807) is 6.92 Å². The Morgan fingerprint density at radius 3 is 2.52 bits per heavy atom. The molecule has 3 saturated heterocycles. The molecule has 0 bridgehead atoms. The molecule has 3 aliphatic rings. The number of alkyl carbamates (subject to hydrolysis) is 1. The van der Waals surface area contributed by atoms with E-state index < -0.39 is 73.1 Å². The molecular formula is C28H37NO11. The van der Waals surface area contributed by atoms with Crippen LogP contribution in [0, 0.1) is 5.92 Å². The summed E-state index contributed by atoms with van der Waals surface area (Å²) in [5, 5.41) is 2.75. The van der Waals surface area contributed by atoms with Crippen LogP contribution >= 0.6 is 0 Å². The number of hydrogen-bond acceptors (Lipinski definition) is 11. The van der Waals surface area contributed by atoms with Crippen LogP contribution in [0.2, 0.25) is 0 Å². The van der Waals surface area contributed by atoms with E-state index in [2.05, 4.69) is 11.9 Å². The van der Waals surface area contributed by atoms with Gasteiger partial charge in [-0.3, -0.25) is 0 Å². The molecule has 3 aliphatic heterocycles. The zero-order valence-corrected chi connectivity index (χ0v) is 23.1. The van der Waals surface area contributed by atoms with Crippen molar-refractivity contribution in [3.63, 3.8) is 0 Å². The van der Waals surface area contributed by atoms with E-state index >= 15 is 0 Å². The van der Waals surface area contributed by atoms with Crippen molar-refractivity contribution < 1.29 is 52.3 Å². The highest BCUT2D eigenvalue weighted by Crippen LogP contribution is 2.37. The van der Waals surface area contributed by atoms with Gasteiger partial charge in [0.15, 0.2) is 24.6 Å². The third kappa shape index (κ3) is 6.57. The average molecular weight is 564 g/mol. The molecule has 4 unspecified atom stereocenters. The quantitative estimate of drug-likeness (QED) is 0.256. The second-order valence-corrected chi connectivity index (χ2v) is 9.93. The van der Waals surface area contributed by atoms with Gasteiger partial charge in [0.2, 0.25) is 0 Å². The van der Waals surface area contributed by atoms with Crippen LogP contribution in [-0.2, 0) is 49.3 Å². The van der Waals surface area contributed by atoms with E-state index in [0.717, 1.165) is 5.56 Å². The third-order valence-corrected chi connectivity index (χ3v) is 7.30. The summed E-state index contributed by atoms with van der Waals surface area (Å²) in [5.74, 6) is -1.26. The molecule has 4 rings (SSSR count). The number of nitrogens with one attached hydrogen (secondary N) is 1. The van der Waals surface area contributed by atoms with Crippen molar-refractivity contribution in [3.05, 3.63) is 48.6 Å². The molecule has 0 radical (unpaired) electrons. The number of esters is 1. The Balaban J connectivity index is 1.66. The topological polar surface area (TPSA) is 137 Å². The van der Waals surface area contributed by atoms with Gasteiger partial charge in [-0.25, -0.2) is 14.4 Å². The Bertz CT molecular complexity index is 1040. The number of benzene rings is 1. The minimum absolute atomic E-state index is 0.0779. The number of rotatable bonds is 10. The summed E-state index contributed by atoms with van der Waals surface area (Å²) in [5.41, 5.74) is 0.869. The normalized spacial score (nSPS) is 35.0. The summed E-state index contributed by atoms with van der Waals surface area (Å²) in [6.07, 6.45) is -6.47. The first-order chi connectivity index (χ1) is 19.3. The third-order valence-electron chi connectivity index (χ3n) is 7.30. The van der Waals surface area contributed by atoms with Crippen LogP contribution in [0.3, 0.4) is 0 Å². The Morgan fingerprint density at radius 1 is 1.10 bits per heavy atom. The maximum Gasteiger partial charge on any atom is 0.509 e. The lowest BCUT2D eigenvalue weighted by atomic mass is 9.89. The average Bonchev–Trinajstić information content (AvgIpc) is 3.36. The summed E-state index contributed by atoms with van der Waals surface area (Å²) in [6, 6.07) is 8.93. The molecule has 40 heavy (non-hydrogen) atoms. The van der Waals surface area contributed by atoms with Crippen molar-refractivity contribution in [2.45, 2.75) is 88.9 Å². The van der Waals surface area contributed by atoms with Gasteiger partial charge in [-0.1, -0.05) is 56.8 Å². The smallest absolute Gasteiger partial charge is 0.467 e. The van der Waals surface area contributed by atoms with Crippen LogP contribution in [0.25, 0.3) is 0 Å². The van der Waals surface area contributed by atoms with Crippen molar-refractivity contribution in [3.8, 4) is 0 Å². The molecule has 0 saturated carbocycles. The maximum absolute atomic E-state index is 12.8. The monoisotopic (exact) mass is 563 g/mol. The van der Waals surface area contributed by atoms with E-state index in [9.17, 15) is 14.4 Å². The molecule has 0 aliphatic carbocycles. The number of amides is 1. The van der Waals surface area contributed by atoms with Crippen molar-refractivity contribution in [1.82, 2.24) is 5.32 Å². The Labute approximate surface area is 233 Å². The fraction of sp³-hybridized carbons (Fsp3) is 0.607. The van der Waals surface area contributed by atoms with Gasteiger partial charge in [0.05, 0.1) is 32.0 Å². The van der Waals surface area contributed by atoms with Gasteiger partial charge < -0.3 is 43.2 Å². The number of carbonyl (C=O) groups excluding carboxylic acids is 3. The molecule has 1 amide bonds. The van der Waals surface area contributed by atoms with Gasteiger partial charge in [-0.2, -0.15) is 0 Å². The largest absolute Gasteiger partial charge is 0.509 e. The first kappa shape index (κ1) is 29.8. The molecule has 3 fully saturated rings. The van der Waals surface area contributed by atoms with Gasteiger partial charge in [-0.15, -0.1) is 0 Å². The van der Waals surface area contributed by atoms with Crippen LogP contribution in [0.15, 0.2) is 43.0 Å². The second-order valence-electron chi connectivity index (χ2n) is 9.93. The highest BCUT2D eigenvalue weighted by atomic mass is 16.8. The molecule has 220 valence electrons. The Morgan fingerprint density at radius 2 is 1.85 bits per heavy atom. The summed E-state index contributed by atoms with van der Waals surface area (Å²) in [4.78, 5) is 37.6. The predicted octanol–water partition coefficient (Wildman–Crippen LogP) is 2.87. The van der Waals surface area contributed by atoms with Gasteiger partial charge in [0.25, 0.3) is 0 Å². The SMILES string of the molecule is C=CCOC(=O)OC1[C@H](O[C@H]2C(CC)O[C@@H](C)C3NC(=O)O[C@H]32)OC(C(=O)OC)[C@H](C)[C@@H]1OCc1ccccc1. The Hall–Kier alpha value is -3.19. The standard InChI is InChI=1S/C28H37NO11/c1-6-13-34-28(32)40-24-20(35-14-17-11-9-8-10-12-17)15(3)21(25(30)33-5)37-26(24)38-22-18(7-2)36-16(4)19-23(22)39-27(31)29-19/h6,8-12,15-16,18-24,26H,1,7,13-14H2,2-5H3,(H,29,31)/t15-,16+,18?,19?,20+,21?,22+,23-,24?,26+/m1/s1.